The lowest BCUT2D eigenvalue weighted by atomic mass is 9.86. The zero-order valence-electron chi connectivity index (χ0n) is 11.5. The summed E-state index contributed by atoms with van der Waals surface area (Å²) in [7, 11) is 0. The van der Waals surface area contributed by atoms with Crippen LogP contribution >= 0.6 is 0 Å². The number of nitrogens with one attached hydrogen (secondary N) is 1. The maximum absolute atomic E-state index is 10.8. The van der Waals surface area contributed by atoms with E-state index in [1.54, 1.807) is 0 Å². The van der Waals surface area contributed by atoms with Crippen molar-refractivity contribution in [3.8, 4) is 0 Å². The number of aliphatic carboxylic acids is 1. The van der Waals surface area contributed by atoms with Crippen LogP contribution in [0.1, 0.15) is 31.9 Å². The van der Waals surface area contributed by atoms with Crippen molar-refractivity contribution in [2.45, 2.75) is 38.6 Å². The molecule has 4 heteroatoms. The molecule has 2 rings (SSSR count). The first-order chi connectivity index (χ1) is 8.79. The number of nitrogens with two attached hydrogens (primary N) is 1. The average molecular weight is 260 g/mol. The Balaban J connectivity index is 2.37. The number of carboxylic acid groups (broad SMARTS) is 1. The highest BCUT2D eigenvalue weighted by molar-refractivity contribution is 5.85. The number of carboxylic acids is 1. The Morgan fingerprint density at radius 2 is 2.11 bits per heavy atom. The number of aromatic amines is 1. The van der Waals surface area contributed by atoms with Gasteiger partial charge in [0.05, 0.1) is 0 Å². The van der Waals surface area contributed by atoms with Gasteiger partial charge in [-0.1, -0.05) is 32.9 Å². The van der Waals surface area contributed by atoms with Crippen LogP contribution < -0.4 is 5.73 Å². The van der Waals surface area contributed by atoms with Gasteiger partial charge in [0.2, 0.25) is 0 Å². The van der Waals surface area contributed by atoms with Gasteiger partial charge in [-0.3, -0.25) is 4.79 Å². The van der Waals surface area contributed by atoms with Crippen molar-refractivity contribution in [2.24, 2.45) is 5.73 Å². The summed E-state index contributed by atoms with van der Waals surface area (Å²) < 4.78 is 0. The quantitative estimate of drug-likeness (QED) is 0.793. The van der Waals surface area contributed by atoms with Crippen LogP contribution in [0.25, 0.3) is 10.9 Å². The molecule has 4 N–H and O–H groups in total. The van der Waals surface area contributed by atoms with Gasteiger partial charge >= 0.3 is 5.97 Å². The van der Waals surface area contributed by atoms with Gasteiger partial charge in [0.25, 0.3) is 0 Å². The van der Waals surface area contributed by atoms with E-state index in [2.05, 4.69) is 37.9 Å². The summed E-state index contributed by atoms with van der Waals surface area (Å²) in [6.45, 7) is 6.50. The van der Waals surface area contributed by atoms with Crippen LogP contribution in [0.2, 0.25) is 0 Å². The molecule has 0 aliphatic rings. The largest absolute Gasteiger partial charge is 0.480 e. The summed E-state index contributed by atoms with van der Waals surface area (Å²) in [6, 6.07) is 5.38. The molecule has 102 valence electrons. The van der Waals surface area contributed by atoms with E-state index in [1.807, 2.05) is 12.3 Å². The van der Waals surface area contributed by atoms with Crippen LogP contribution in [-0.2, 0) is 16.6 Å². The molecule has 0 fully saturated rings. The number of rotatable bonds is 3. The third kappa shape index (κ3) is 2.79. The molecular weight excluding hydrogens is 240 g/mol. The second-order valence-electron chi connectivity index (χ2n) is 5.97. The summed E-state index contributed by atoms with van der Waals surface area (Å²) in [4.78, 5) is 14.0. The molecule has 0 saturated heterocycles. The Kier molecular flexibility index (Phi) is 3.37. The lowest BCUT2D eigenvalue weighted by Crippen LogP contribution is -2.32. The molecule has 1 aromatic carbocycles. The molecule has 0 unspecified atom stereocenters. The van der Waals surface area contributed by atoms with Gasteiger partial charge in [-0.15, -0.1) is 0 Å². The van der Waals surface area contributed by atoms with Gasteiger partial charge in [-0.05, 0) is 22.6 Å². The third-order valence-electron chi connectivity index (χ3n) is 3.39. The third-order valence-corrected chi connectivity index (χ3v) is 3.39. The van der Waals surface area contributed by atoms with Crippen molar-refractivity contribution in [2.75, 3.05) is 0 Å². The van der Waals surface area contributed by atoms with E-state index in [0.29, 0.717) is 6.42 Å². The maximum atomic E-state index is 10.8. The standard InChI is InChI=1S/C15H20N2O2/c1-15(2,3)10-4-5-11-9(6-12(16)14(18)19)8-17-13(11)7-10/h4-5,7-8,12,17H,6,16H2,1-3H3,(H,18,19)/t12-/m0/s1. The van der Waals surface area contributed by atoms with Crippen LogP contribution in [0.15, 0.2) is 24.4 Å². The van der Waals surface area contributed by atoms with Crippen LogP contribution in [0.5, 0.6) is 0 Å². The van der Waals surface area contributed by atoms with E-state index in [4.69, 9.17) is 10.8 Å². The molecule has 0 radical (unpaired) electrons. The maximum Gasteiger partial charge on any atom is 0.320 e. The number of carbonyl (C=O) groups is 1. The lowest BCUT2D eigenvalue weighted by Gasteiger charge is -2.18. The van der Waals surface area contributed by atoms with E-state index in [1.165, 1.54) is 5.56 Å². The minimum absolute atomic E-state index is 0.0942. The van der Waals surface area contributed by atoms with Crippen molar-refractivity contribution < 1.29 is 9.90 Å². The molecule has 0 spiro atoms. The van der Waals surface area contributed by atoms with Gasteiger partial charge in [-0.25, -0.2) is 0 Å². The van der Waals surface area contributed by atoms with Crippen LogP contribution in [-0.4, -0.2) is 22.1 Å². The van der Waals surface area contributed by atoms with Crippen molar-refractivity contribution in [1.82, 2.24) is 4.98 Å². The minimum atomic E-state index is -0.972. The molecule has 0 saturated carbocycles. The van der Waals surface area contributed by atoms with Crippen LogP contribution in [0, 0.1) is 0 Å². The Morgan fingerprint density at radius 3 is 2.68 bits per heavy atom. The molecule has 0 aliphatic heterocycles. The molecular formula is C15H20N2O2. The molecule has 4 nitrogen and oxygen atoms in total. The number of hydrogen-bond acceptors (Lipinski definition) is 2. The van der Waals surface area contributed by atoms with Gasteiger partial charge < -0.3 is 15.8 Å². The number of benzene rings is 1. The first-order valence-corrected chi connectivity index (χ1v) is 6.38. The zero-order valence-corrected chi connectivity index (χ0v) is 11.5. The summed E-state index contributed by atoms with van der Waals surface area (Å²) in [5.41, 5.74) is 8.90. The van der Waals surface area contributed by atoms with Gasteiger partial charge in [0, 0.05) is 23.5 Å². The van der Waals surface area contributed by atoms with E-state index < -0.39 is 12.0 Å². The fourth-order valence-electron chi connectivity index (χ4n) is 2.15. The lowest BCUT2D eigenvalue weighted by molar-refractivity contribution is -0.138. The van der Waals surface area contributed by atoms with E-state index >= 15 is 0 Å². The normalized spacial score (nSPS) is 13.7. The number of fused-ring (bicyclic) bond motifs is 1. The fourth-order valence-corrected chi connectivity index (χ4v) is 2.15. The second kappa shape index (κ2) is 4.70. The summed E-state index contributed by atoms with van der Waals surface area (Å²) in [5, 5.41) is 9.91. The summed E-state index contributed by atoms with van der Waals surface area (Å²) in [5.74, 6) is -0.972. The molecule has 0 bridgehead atoms. The molecule has 0 amide bonds. The predicted octanol–water partition coefficient (Wildman–Crippen LogP) is 2.42. The van der Waals surface area contributed by atoms with Crippen molar-refractivity contribution >= 4 is 16.9 Å². The van der Waals surface area contributed by atoms with E-state index in [-0.39, 0.29) is 5.41 Å². The Labute approximate surface area is 112 Å². The monoisotopic (exact) mass is 260 g/mol. The fraction of sp³-hybridized carbons (Fsp3) is 0.400. The molecule has 1 heterocycles. The highest BCUT2D eigenvalue weighted by Gasteiger charge is 2.17. The van der Waals surface area contributed by atoms with Gasteiger partial charge in [0.1, 0.15) is 6.04 Å². The predicted molar refractivity (Wildman–Crippen MR) is 76.3 cm³/mol. The smallest absolute Gasteiger partial charge is 0.320 e. The highest BCUT2D eigenvalue weighted by atomic mass is 16.4. The summed E-state index contributed by atoms with van der Waals surface area (Å²) >= 11 is 0. The van der Waals surface area contributed by atoms with Crippen molar-refractivity contribution in [1.29, 1.82) is 0 Å². The topological polar surface area (TPSA) is 79.1 Å². The van der Waals surface area contributed by atoms with E-state index in [9.17, 15) is 4.79 Å². The van der Waals surface area contributed by atoms with Crippen LogP contribution in [0.3, 0.4) is 0 Å². The molecule has 0 aliphatic carbocycles. The minimum Gasteiger partial charge on any atom is -0.480 e. The van der Waals surface area contributed by atoms with Crippen LogP contribution in [0.4, 0.5) is 0 Å². The first-order valence-electron chi connectivity index (χ1n) is 6.38. The molecule has 1 atom stereocenters. The SMILES string of the molecule is CC(C)(C)c1ccc2c(C[C@H](N)C(=O)O)c[nH]c2c1. The first kappa shape index (κ1) is 13.6. The van der Waals surface area contributed by atoms with Gasteiger partial charge in [0.15, 0.2) is 0 Å². The number of aromatic nitrogens is 1. The molecule has 1 aromatic heterocycles. The van der Waals surface area contributed by atoms with Crippen molar-refractivity contribution in [3.63, 3.8) is 0 Å². The Morgan fingerprint density at radius 1 is 1.42 bits per heavy atom. The average Bonchev–Trinajstić information content (AvgIpc) is 2.70. The van der Waals surface area contributed by atoms with Gasteiger partial charge in [-0.2, -0.15) is 0 Å². The number of hydrogen-bond donors (Lipinski definition) is 3. The number of H-pyrrole nitrogens is 1. The Hall–Kier alpha value is -1.81. The second-order valence-corrected chi connectivity index (χ2v) is 5.97. The van der Waals surface area contributed by atoms with Crippen molar-refractivity contribution in [3.05, 3.63) is 35.5 Å². The Bertz CT molecular complexity index is 608. The molecule has 19 heavy (non-hydrogen) atoms. The zero-order chi connectivity index (χ0) is 14.2. The summed E-state index contributed by atoms with van der Waals surface area (Å²) in [6.07, 6.45) is 2.18. The highest BCUT2D eigenvalue weighted by Crippen LogP contribution is 2.27. The van der Waals surface area contributed by atoms with E-state index in [0.717, 1.165) is 16.5 Å². The molecule has 2 aromatic rings.